The third kappa shape index (κ3) is 3.53. The SMILES string of the molecule is CCC(C)=CC[O]. The summed E-state index contributed by atoms with van der Waals surface area (Å²) in [7, 11) is 0. The van der Waals surface area contributed by atoms with E-state index in [0.29, 0.717) is 0 Å². The number of allylic oxidation sites excluding steroid dienone is 1. The van der Waals surface area contributed by atoms with Gasteiger partial charge in [0.25, 0.3) is 0 Å². The third-order valence-electron chi connectivity index (χ3n) is 0.989. The van der Waals surface area contributed by atoms with E-state index < -0.39 is 0 Å². The van der Waals surface area contributed by atoms with Crippen LogP contribution in [0.5, 0.6) is 0 Å². The Labute approximate surface area is 44.7 Å². The van der Waals surface area contributed by atoms with Crippen LogP contribution in [0.3, 0.4) is 0 Å². The molecule has 0 aliphatic carbocycles. The predicted molar refractivity (Wildman–Crippen MR) is 29.6 cm³/mol. The molecule has 0 aromatic carbocycles. The monoisotopic (exact) mass is 99.1 g/mol. The van der Waals surface area contributed by atoms with Crippen LogP contribution in [-0.4, -0.2) is 6.61 Å². The number of rotatable bonds is 2. The molecule has 0 aliphatic rings. The number of hydrogen-bond acceptors (Lipinski definition) is 0. The molecule has 0 atom stereocenters. The summed E-state index contributed by atoms with van der Waals surface area (Å²) in [5.74, 6) is 0. The van der Waals surface area contributed by atoms with E-state index in [0.717, 1.165) is 6.42 Å². The van der Waals surface area contributed by atoms with Gasteiger partial charge in [0.15, 0.2) is 0 Å². The zero-order valence-electron chi connectivity index (χ0n) is 4.90. The minimum Gasteiger partial charge on any atom is -0.232 e. The molecule has 0 fully saturated rings. The molecule has 7 heavy (non-hydrogen) atoms. The Morgan fingerprint density at radius 3 is 2.43 bits per heavy atom. The summed E-state index contributed by atoms with van der Waals surface area (Å²) in [6.45, 7) is 3.94. The molecule has 0 saturated heterocycles. The Hall–Kier alpha value is -0.300. The van der Waals surface area contributed by atoms with Gasteiger partial charge < -0.3 is 0 Å². The second-order valence-corrected chi connectivity index (χ2v) is 1.57. The van der Waals surface area contributed by atoms with Gasteiger partial charge in [-0.1, -0.05) is 18.6 Å². The maximum Gasteiger partial charge on any atom is 0.101 e. The molecule has 0 bridgehead atoms. The lowest BCUT2D eigenvalue weighted by molar-refractivity contribution is 0.231. The second kappa shape index (κ2) is 3.88. The lowest BCUT2D eigenvalue weighted by atomic mass is 10.2. The van der Waals surface area contributed by atoms with Gasteiger partial charge in [0.2, 0.25) is 0 Å². The van der Waals surface area contributed by atoms with E-state index in [2.05, 4.69) is 0 Å². The van der Waals surface area contributed by atoms with Crippen molar-refractivity contribution in [3.8, 4) is 0 Å². The van der Waals surface area contributed by atoms with Crippen LogP contribution in [0.2, 0.25) is 0 Å². The third-order valence-corrected chi connectivity index (χ3v) is 0.989. The highest BCUT2D eigenvalue weighted by molar-refractivity contribution is 4.95. The topological polar surface area (TPSA) is 19.9 Å². The molecule has 0 unspecified atom stereocenters. The molecule has 1 radical (unpaired) electrons. The minimum absolute atomic E-state index is 0.0698. The van der Waals surface area contributed by atoms with Crippen molar-refractivity contribution >= 4 is 0 Å². The fraction of sp³-hybridized carbons (Fsp3) is 0.667. The van der Waals surface area contributed by atoms with Gasteiger partial charge in [0, 0.05) is 0 Å². The van der Waals surface area contributed by atoms with Gasteiger partial charge in [-0.3, -0.25) is 0 Å². The fourth-order valence-corrected chi connectivity index (χ4v) is 0.287. The highest BCUT2D eigenvalue weighted by Gasteiger charge is 1.78. The summed E-state index contributed by atoms with van der Waals surface area (Å²) < 4.78 is 0. The lowest BCUT2D eigenvalue weighted by Crippen LogP contribution is -1.74. The molecule has 1 nitrogen and oxygen atoms in total. The first kappa shape index (κ1) is 6.70. The van der Waals surface area contributed by atoms with E-state index in [1.807, 2.05) is 13.8 Å². The quantitative estimate of drug-likeness (QED) is 0.470. The molecular weight excluding hydrogens is 88.1 g/mol. The molecule has 0 aromatic heterocycles. The Bertz CT molecular complexity index is 64.6. The molecule has 0 rings (SSSR count). The van der Waals surface area contributed by atoms with Gasteiger partial charge in [0.1, 0.15) is 6.61 Å². The van der Waals surface area contributed by atoms with E-state index >= 15 is 0 Å². The molecule has 41 valence electrons. The van der Waals surface area contributed by atoms with Crippen molar-refractivity contribution in [1.82, 2.24) is 0 Å². The van der Waals surface area contributed by atoms with Crippen LogP contribution in [0, 0.1) is 0 Å². The van der Waals surface area contributed by atoms with Crippen LogP contribution < -0.4 is 0 Å². The average Bonchev–Trinajstić information content (AvgIpc) is 1.68. The van der Waals surface area contributed by atoms with Crippen molar-refractivity contribution in [2.24, 2.45) is 0 Å². The van der Waals surface area contributed by atoms with Crippen molar-refractivity contribution in [3.05, 3.63) is 11.6 Å². The Kier molecular flexibility index (Phi) is 3.71. The minimum atomic E-state index is -0.0698. The van der Waals surface area contributed by atoms with Crippen molar-refractivity contribution in [3.63, 3.8) is 0 Å². The van der Waals surface area contributed by atoms with Gasteiger partial charge in [0.05, 0.1) is 0 Å². The van der Waals surface area contributed by atoms with Gasteiger partial charge in [-0.15, -0.1) is 0 Å². The van der Waals surface area contributed by atoms with Crippen LogP contribution in [0.25, 0.3) is 0 Å². The highest BCUT2D eigenvalue weighted by atomic mass is 16.2. The predicted octanol–water partition coefficient (Wildman–Crippen LogP) is 1.77. The molecule has 0 aliphatic heterocycles. The van der Waals surface area contributed by atoms with E-state index in [4.69, 9.17) is 0 Å². The summed E-state index contributed by atoms with van der Waals surface area (Å²) in [6.07, 6.45) is 2.71. The van der Waals surface area contributed by atoms with Crippen LogP contribution >= 0.6 is 0 Å². The van der Waals surface area contributed by atoms with Crippen LogP contribution in [0.15, 0.2) is 11.6 Å². The normalized spacial score (nSPS) is 12.1. The summed E-state index contributed by atoms with van der Waals surface area (Å²) in [6, 6.07) is 0. The van der Waals surface area contributed by atoms with E-state index in [1.54, 1.807) is 6.08 Å². The molecule has 0 amide bonds. The summed E-state index contributed by atoms with van der Waals surface area (Å²) >= 11 is 0. The van der Waals surface area contributed by atoms with Gasteiger partial charge in [-0.25, -0.2) is 5.11 Å². The standard InChI is InChI=1S/C6H11O/c1-3-6(2)4-5-7/h4H,3,5H2,1-2H3. The summed E-state index contributed by atoms with van der Waals surface area (Å²) in [5, 5.41) is 9.82. The Balaban J connectivity index is 3.29. The van der Waals surface area contributed by atoms with E-state index in [-0.39, 0.29) is 6.61 Å². The second-order valence-electron chi connectivity index (χ2n) is 1.57. The summed E-state index contributed by atoms with van der Waals surface area (Å²) in [5.41, 5.74) is 1.19. The average molecular weight is 99.2 g/mol. The van der Waals surface area contributed by atoms with Crippen molar-refractivity contribution in [1.29, 1.82) is 0 Å². The first-order valence-corrected chi connectivity index (χ1v) is 2.55. The number of hydrogen-bond donors (Lipinski definition) is 0. The zero-order valence-corrected chi connectivity index (χ0v) is 4.90. The van der Waals surface area contributed by atoms with Crippen molar-refractivity contribution in [2.45, 2.75) is 20.3 Å². The molecule has 0 spiro atoms. The molecule has 0 heterocycles. The fourth-order valence-electron chi connectivity index (χ4n) is 0.287. The smallest absolute Gasteiger partial charge is 0.101 e. The van der Waals surface area contributed by atoms with Gasteiger partial charge in [-0.2, -0.15) is 0 Å². The molecule has 1 heteroatoms. The Morgan fingerprint density at radius 1 is 1.71 bits per heavy atom. The van der Waals surface area contributed by atoms with Gasteiger partial charge >= 0.3 is 0 Å². The van der Waals surface area contributed by atoms with Crippen LogP contribution in [0.1, 0.15) is 20.3 Å². The molecular formula is C6H11O. The first-order valence-electron chi connectivity index (χ1n) is 2.55. The molecule has 0 saturated carbocycles. The van der Waals surface area contributed by atoms with E-state index in [1.165, 1.54) is 5.57 Å². The lowest BCUT2D eigenvalue weighted by Gasteiger charge is -1.87. The van der Waals surface area contributed by atoms with Gasteiger partial charge in [-0.05, 0) is 13.3 Å². The van der Waals surface area contributed by atoms with E-state index in [9.17, 15) is 5.11 Å². The molecule has 0 N–H and O–H groups in total. The zero-order chi connectivity index (χ0) is 5.70. The maximum absolute atomic E-state index is 9.82. The van der Waals surface area contributed by atoms with Crippen molar-refractivity contribution < 1.29 is 5.11 Å². The van der Waals surface area contributed by atoms with Crippen LogP contribution in [-0.2, 0) is 5.11 Å². The maximum atomic E-state index is 9.82. The van der Waals surface area contributed by atoms with Crippen molar-refractivity contribution in [2.75, 3.05) is 6.61 Å². The van der Waals surface area contributed by atoms with Crippen LogP contribution in [0.4, 0.5) is 0 Å². The Morgan fingerprint density at radius 2 is 2.29 bits per heavy atom. The highest BCUT2D eigenvalue weighted by Crippen LogP contribution is 1.94. The first-order chi connectivity index (χ1) is 3.31. The largest absolute Gasteiger partial charge is 0.232 e. The summed E-state index contributed by atoms with van der Waals surface area (Å²) in [4.78, 5) is 0. The molecule has 0 aromatic rings.